The SMILES string of the molecule is CCC1CCC(N(C)CCCC2CCCN2)CC1. The monoisotopic (exact) mass is 252 g/mol. The molecule has 0 aromatic rings. The largest absolute Gasteiger partial charge is 0.314 e. The number of hydrogen-bond donors (Lipinski definition) is 1. The normalized spacial score (nSPS) is 33.2. The summed E-state index contributed by atoms with van der Waals surface area (Å²) in [7, 11) is 2.35. The van der Waals surface area contributed by atoms with E-state index in [0.29, 0.717) is 0 Å². The van der Waals surface area contributed by atoms with Gasteiger partial charge >= 0.3 is 0 Å². The lowest BCUT2D eigenvalue weighted by Crippen LogP contribution is -2.36. The molecule has 1 saturated heterocycles. The molecule has 0 radical (unpaired) electrons. The molecule has 1 aliphatic carbocycles. The van der Waals surface area contributed by atoms with Crippen LogP contribution >= 0.6 is 0 Å². The van der Waals surface area contributed by atoms with Crippen molar-refractivity contribution in [3.63, 3.8) is 0 Å². The van der Waals surface area contributed by atoms with Gasteiger partial charge in [0.1, 0.15) is 0 Å². The molecule has 2 heteroatoms. The van der Waals surface area contributed by atoms with Crippen molar-refractivity contribution in [3.8, 4) is 0 Å². The average Bonchev–Trinajstić information content (AvgIpc) is 2.92. The van der Waals surface area contributed by atoms with Crippen LogP contribution in [-0.2, 0) is 0 Å². The summed E-state index contributed by atoms with van der Waals surface area (Å²) in [5.74, 6) is 1.03. The van der Waals surface area contributed by atoms with Crippen molar-refractivity contribution in [1.82, 2.24) is 10.2 Å². The quantitative estimate of drug-likeness (QED) is 0.779. The highest BCUT2D eigenvalue weighted by molar-refractivity contribution is 4.79. The van der Waals surface area contributed by atoms with Gasteiger partial charge in [0.2, 0.25) is 0 Å². The first-order valence-corrected chi connectivity index (χ1v) is 8.23. The van der Waals surface area contributed by atoms with Gasteiger partial charge in [0, 0.05) is 12.1 Å². The molecule has 0 aromatic heterocycles. The van der Waals surface area contributed by atoms with E-state index in [1.54, 1.807) is 0 Å². The van der Waals surface area contributed by atoms with E-state index in [1.165, 1.54) is 70.9 Å². The number of rotatable bonds is 6. The summed E-state index contributed by atoms with van der Waals surface area (Å²) in [6, 6.07) is 1.71. The number of nitrogens with zero attached hydrogens (tertiary/aromatic N) is 1. The molecule has 2 rings (SSSR count). The highest BCUT2D eigenvalue weighted by Gasteiger charge is 2.23. The maximum atomic E-state index is 3.60. The molecule has 0 aromatic carbocycles. The molecular formula is C16H32N2. The summed E-state index contributed by atoms with van der Waals surface area (Å²) in [6.45, 7) is 4.91. The molecule has 2 fully saturated rings. The van der Waals surface area contributed by atoms with Gasteiger partial charge in [0.15, 0.2) is 0 Å². The molecule has 0 spiro atoms. The molecule has 1 unspecified atom stereocenters. The van der Waals surface area contributed by atoms with Crippen molar-refractivity contribution in [2.45, 2.75) is 76.8 Å². The van der Waals surface area contributed by atoms with Crippen LogP contribution in [0, 0.1) is 5.92 Å². The lowest BCUT2D eigenvalue weighted by molar-refractivity contribution is 0.160. The Morgan fingerprint density at radius 1 is 1.11 bits per heavy atom. The lowest BCUT2D eigenvalue weighted by Gasteiger charge is -2.34. The van der Waals surface area contributed by atoms with E-state index >= 15 is 0 Å². The van der Waals surface area contributed by atoms with Gasteiger partial charge in [-0.25, -0.2) is 0 Å². The van der Waals surface area contributed by atoms with E-state index in [1.807, 2.05) is 0 Å². The Bertz CT molecular complexity index is 215. The van der Waals surface area contributed by atoms with E-state index in [9.17, 15) is 0 Å². The topological polar surface area (TPSA) is 15.3 Å². The van der Waals surface area contributed by atoms with Gasteiger partial charge in [0.05, 0.1) is 0 Å². The van der Waals surface area contributed by atoms with Crippen LogP contribution < -0.4 is 5.32 Å². The molecule has 1 saturated carbocycles. The molecular weight excluding hydrogens is 220 g/mol. The Morgan fingerprint density at radius 3 is 2.50 bits per heavy atom. The van der Waals surface area contributed by atoms with Gasteiger partial charge in [-0.15, -0.1) is 0 Å². The molecule has 0 bridgehead atoms. The smallest absolute Gasteiger partial charge is 0.00924 e. The van der Waals surface area contributed by atoms with Crippen molar-refractivity contribution >= 4 is 0 Å². The molecule has 0 amide bonds. The van der Waals surface area contributed by atoms with Crippen molar-refractivity contribution in [1.29, 1.82) is 0 Å². The van der Waals surface area contributed by atoms with E-state index < -0.39 is 0 Å². The Kier molecular flexibility index (Phi) is 5.97. The number of hydrogen-bond acceptors (Lipinski definition) is 2. The first-order valence-electron chi connectivity index (χ1n) is 8.23. The first kappa shape index (κ1) is 14.3. The third-order valence-corrected chi connectivity index (χ3v) is 5.24. The fourth-order valence-corrected chi connectivity index (χ4v) is 3.77. The average molecular weight is 252 g/mol. The maximum Gasteiger partial charge on any atom is 0.00924 e. The predicted octanol–water partition coefficient (Wildman–Crippen LogP) is 3.42. The van der Waals surface area contributed by atoms with Gasteiger partial charge < -0.3 is 10.2 Å². The summed E-state index contributed by atoms with van der Waals surface area (Å²) in [4.78, 5) is 2.64. The zero-order chi connectivity index (χ0) is 12.8. The Balaban J connectivity index is 1.58. The molecule has 1 atom stereocenters. The molecule has 2 nitrogen and oxygen atoms in total. The lowest BCUT2D eigenvalue weighted by atomic mass is 9.84. The van der Waals surface area contributed by atoms with E-state index in [-0.39, 0.29) is 0 Å². The third-order valence-electron chi connectivity index (χ3n) is 5.24. The van der Waals surface area contributed by atoms with Gasteiger partial charge in [0.25, 0.3) is 0 Å². The zero-order valence-corrected chi connectivity index (χ0v) is 12.5. The first-order chi connectivity index (χ1) is 8.79. The Hall–Kier alpha value is -0.0800. The molecule has 2 aliphatic rings. The number of nitrogens with one attached hydrogen (secondary N) is 1. The predicted molar refractivity (Wildman–Crippen MR) is 78.9 cm³/mol. The van der Waals surface area contributed by atoms with Crippen molar-refractivity contribution in [3.05, 3.63) is 0 Å². The van der Waals surface area contributed by atoms with Gasteiger partial charge in [-0.1, -0.05) is 13.3 Å². The summed E-state index contributed by atoms with van der Waals surface area (Å²) >= 11 is 0. The van der Waals surface area contributed by atoms with Crippen LogP contribution in [0.25, 0.3) is 0 Å². The van der Waals surface area contributed by atoms with Crippen LogP contribution in [0.4, 0.5) is 0 Å². The zero-order valence-electron chi connectivity index (χ0n) is 12.5. The van der Waals surface area contributed by atoms with E-state index in [2.05, 4.69) is 24.2 Å². The van der Waals surface area contributed by atoms with Crippen molar-refractivity contribution in [2.75, 3.05) is 20.1 Å². The fraction of sp³-hybridized carbons (Fsp3) is 1.00. The molecule has 18 heavy (non-hydrogen) atoms. The standard InChI is InChI=1S/C16H32N2/c1-3-14-8-10-16(11-9-14)18(2)13-5-7-15-6-4-12-17-15/h14-17H,3-13H2,1-2H3. The summed E-state index contributed by atoms with van der Waals surface area (Å²) < 4.78 is 0. The van der Waals surface area contributed by atoms with Crippen LogP contribution in [0.5, 0.6) is 0 Å². The van der Waals surface area contributed by atoms with Crippen molar-refractivity contribution in [2.24, 2.45) is 5.92 Å². The Labute approximate surface area is 114 Å². The maximum absolute atomic E-state index is 3.60. The minimum atomic E-state index is 0.828. The van der Waals surface area contributed by atoms with Gasteiger partial charge in [-0.05, 0) is 77.4 Å². The van der Waals surface area contributed by atoms with E-state index in [0.717, 1.165) is 18.0 Å². The molecule has 1 aliphatic heterocycles. The molecule has 1 N–H and O–H groups in total. The van der Waals surface area contributed by atoms with Crippen LogP contribution in [0.1, 0.15) is 64.7 Å². The second-order valence-electron chi connectivity index (χ2n) is 6.50. The summed E-state index contributed by atoms with van der Waals surface area (Å²) in [5, 5.41) is 3.60. The highest BCUT2D eigenvalue weighted by atomic mass is 15.1. The second kappa shape index (κ2) is 7.49. The van der Waals surface area contributed by atoms with Crippen molar-refractivity contribution < 1.29 is 0 Å². The van der Waals surface area contributed by atoms with Crippen LogP contribution in [-0.4, -0.2) is 37.1 Å². The van der Waals surface area contributed by atoms with Crippen LogP contribution in [0.15, 0.2) is 0 Å². The summed E-state index contributed by atoms with van der Waals surface area (Å²) in [6.07, 6.45) is 12.8. The van der Waals surface area contributed by atoms with Crippen LogP contribution in [0.3, 0.4) is 0 Å². The minimum Gasteiger partial charge on any atom is -0.314 e. The van der Waals surface area contributed by atoms with Gasteiger partial charge in [-0.3, -0.25) is 0 Å². The highest BCUT2D eigenvalue weighted by Crippen LogP contribution is 2.29. The fourth-order valence-electron chi connectivity index (χ4n) is 3.77. The Morgan fingerprint density at radius 2 is 1.89 bits per heavy atom. The van der Waals surface area contributed by atoms with E-state index in [4.69, 9.17) is 0 Å². The molecule has 1 heterocycles. The second-order valence-corrected chi connectivity index (χ2v) is 6.50. The third kappa shape index (κ3) is 4.24. The minimum absolute atomic E-state index is 0.828. The van der Waals surface area contributed by atoms with Gasteiger partial charge in [-0.2, -0.15) is 0 Å². The summed E-state index contributed by atoms with van der Waals surface area (Å²) in [5.41, 5.74) is 0. The molecule has 106 valence electrons. The van der Waals surface area contributed by atoms with Crippen LogP contribution in [0.2, 0.25) is 0 Å².